The van der Waals surface area contributed by atoms with Crippen LogP contribution in [-0.2, 0) is 9.59 Å². The second-order valence-electron chi connectivity index (χ2n) is 6.29. The summed E-state index contributed by atoms with van der Waals surface area (Å²) in [4.78, 5) is 26.1. The molecule has 1 heterocycles. The highest BCUT2D eigenvalue weighted by atomic mass is 79.9. The van der Waals surface area contributed by atoms with Gasteiger partial charge in [0.05, 0.1) is 5.69 Å². The predicted molar refractivity (Wildman–Crippen MR) is 82.4 cm³/mol. The molecule has 0 radical (unpaired) electrons. The van der Waals surface area contributed by atoms with Crippen LogP contribution in [0.1, 0.15) is 27.7 Å². The first-order valence-electron chi connectivity index (χ1n) is 6.71. The summed E-state index contributed by atoms with van der Waals surface area (Å²) in [5, 5.41) is 2.72. The van der Waals surface area contributed by atoms with E-state index in [0.717, 1.165) is 0 Å². The van der Waals surface area contributed by atoms with E-state index in [9.17, 15) is 14.0 Å². The van der Waals surface area contributed by atoms with Crippen LogP contribution in [0.25, 0.3) is 0 Å². The average molecular weight is 357 g/mol. The van der Waals surface area contributed by atoms with Crippen molar-refractivity contribution in [3.63, 3.8) is 0 Å². The summed E-state index contributed by atoms with van der Waals surface area (Å²) in [5.74, 6) is -1.11. The molecule has 0 saturated carbocycles. The monoisotopic (exact) mass is 356 g/mol. The van der Waals surface area contributed by atoms with Gasteiger partial charge in [0.15, 0.2) is 0 Å². The van der Waals surface area contributed by atoms with Crippen LogP contribution in [0.3, 0.4) is 0 Å². The van der Waals surface area contributed by atoms with Crippen LogP contribution in [-0.4, -0.2) is 23.9 Å². The van der Waals surface area contributed by atoms with Crippen molar-refractivity contribution in [2.24, 2.45) is 5.41 Å². The van der Waals surface area contributed by atoms with Crippen LogP contribution in [0.4, 0.5) is 10.1 Å². The lowest BCUT2D eigenvalue weighted by Gasteiger charge is -2.42. The number of nitrogens with zero attached hydrogens (tertiary/aromatic N) is 1. The maximum atomic E-state index is 14.2. The predicted octanol–water partition coefficient (Wildman–Crippen LogP) is 2.85. The van der Waals surface area contributed by atoms with E-state index in [0.29, 0.717) is 4.47 Å². The number of piperazine rings is 1. The number of halogens is 2. The fourth-order valence-corrected chi connectivity index (χ4v) is 2.70. The first-order valence-corrected chi connectivity index (χ1v) is 7.50. The number of carbonyl (C=O) groups is 2. The molecule has 1 N–H and O–H groups in total. The normalized spacial score (nSPS) is 23.2. The molecule has 2 atom stereocenters. The van der Waals surface area contributed by atoms with Gasteiger partial charge in [-0.15, -0.1) is 0 Å². The Labute approximate surface area is 131 Å². The molecule has 2 amide bonds. The van der Waals surface area contributed by atoms with Gasteiger partial charge in [-0.1, -0.05) is 36.7 Å². The van der Waals surface area contributed by atoms with Gasteiger partial charge in [-0.05, 0) is 30.5 Å². The lowest BCUT2D eigenvalue weighted by atomic mass is 9.84. The van der Waals surface area contributed by atoms with Crippen LogP contribution in [0.15, 0.2) is 22.7 Å². The van der Waals surface area contributed by atoms with E-state index in [2.05, 4.69) is 21.2 Å². The molecule has 1 saturated heterocycles. The van der Waals surface area contributed by atoms with Gasteiger partial charge in [0.2, 0.25) is 5.91 Å². The Bertz CT molecular complexity index is 598. The van der Waals surface area contributed by atoms with Crippen molar-refractivity contribution >= 4 is 33.4 Å². The minimum atomic E-state index is -0.744. The molecule has 4 nitrogen and oxygen atoms in total. The van der Waals surface area contributed by atoms with Crippen molar-refractivity contribution in [3.05, 3.63) is 28.5 Å². The molecule has 1 aromatic carbocycles. The van der Waals surface area contributed by atoms with Crippen LogP contribution >= 0.6 is 15.9 Å². The van der Waals surface area contributed by atoms with E-state index in [1.807, 2.05) is 20.8 Å². The summed E-state index contributed by atoms with van der Waals surface area (Å²) in [6, 6.07) is 3.02. The molecule has 1 aliphatic heterocycles. The molecule has 1 aliphatic rings. The lowest BCUT2D eigenvalue weighted by Crippen LogP contribution is -2.66. The van der Waals surface area contributed by atoms with E-state index in [1.165, 1.54) is 17.0 Å². The zero-order valence-corrected chi connectivity index (χ0v) is 14.0. The van der Waals surface area contributed by atoms with Gasteiger partial charge in [-0.2, -0.15) is 0 Å². The van der Waals surface area contributed by atoms with Crippen molar-refractivity contribution in [1.29, 1.82) is 0 Å². The second kappa shape index (κ2) is 5.40. The maximum Gasteiger partial charge on any atom is 0.250 e. The molecular weight excluding hydrogens is 339 g/mol. The Balaban J connectivity index is 2.48. The highest BCUT2D eigenvalue weighted by molar-refractivity contribution is 9.10. The molecular formula is C15H18BrFN2O2. The lowest BCUT2D eigenvalue weighted by molar-refractivity contribution is -0.136. The minimum Gasteiger partial charge on any atom is -0.342 e. The Morgan fingerprint density at radius 3 is 2.43 bits per heavy atom. The van der Waals surface area contributed by atoms with Gasteiger partial charge in [0.1, 0.15) is 17.9 Å². The second-order valence-corrected chi connectivity index (χ2v) is 7.20. The first-order chi connectivity index (χ1) is 9.62. The molecule has 1 fully saturated rings. The van der Waals surface area contributed by atoms with Gasteiger partial charge in [0.25, 0.3) is 5.91 Å². The van der Waals surface area contributed by atoms with Crippen LogP contribution < -0.4 is 10.2 Å². The summed E-state index contributed by atoms with van der Waals surface area (Å²) in [6.45, 7) is 7.18. The van der Waals surface area contributed by atoms with Crippen molar-refractivity contribution in [2.45, 2.75) is 39.8 Å². The molecule has 6 heteroatoms. The Morgan fingerprint density at radius 1 is 1.29 bits per heavy atom. The van der Waals surface area contributed by atoms with Gasteiger partial charge in [-0.3, -0.25) is 14.5 Å². The summed E-state index contributed by atoms with van der Waals surface area (Å²) in [6.07, 6.45) is 0. The van der Waals surface area contributed by atoms with E-state index in [1.54, 1.807) is 13.0 Å². The van der Waals surface area contributed by atoms with Crippen LogP contribution in [0.5, 0.6) is 0 Å². The number of nitrogens with one attached hydrogen (secondary N) is 1. The zero-order valence-electron chi connectivity index (χ0n) is 12.4. The summed E-state index contributed by atoms with van der Waals surface area (Å²) in [5.41, 5.74) is -0.323. The average Bonchev–Trinajstić information content (AvgIpc) is 2.35. The molecule has 0 spiro atoms. The molecule has 0 aromatic heterocycles. The molecule has 0 aliphatic carbocycles. The number of carbonyl (C=O) groups excluding carboxylic acids is 2. The summed E-state index contributed by atoms with van der Waals surface area (Å²) in [7, 11) is 0. The number of rotatable bonds is 1. The smallest absolute Gasteiger partial charge is 0.250 e. The van der Waals surface area contributed by atoms with E-state index >= 15 is 0 Å². The molecule has 2 unspecified atom stereocenters. The largest absolute Gasteiger partial charge is 0.342 e. The number of hydrogen-bond donors (Lipinski definition) is 1. The van der Waals surface area contributed by atoms with E-state index in [4.69, 9.17) is 0 Å². The van der Waals surface area contributed by atoms with Crippen molar-refractivity contribution in [2.75, 3.05) is 4.90 Å². The standard InChI is InChI=1S/C15H18BrFN2O2/c1-8-13(20)18-12(15(2,3)4)14(21)19(8)11-6-5-9(16)7-10(11)17/h5-8,12H,1-4H3,(H,18,20). The third-order valence-corrected chi connectivity index (χ3v) is 4.07. The number of benzene rings is 1. The highest BCUT2D eigenvalue weighted by Crippen LogP contribution is 2.31. The molecule has 114 valence electrons. The Kier molecular flexibility index (Phi) is 4.10. The van der Waals surface area contributed by atoms with Crippen LogP contribution in [0.2, 0.25) is 0 Å². The van der Waals surface area contributed by atoms with Crippen molar-refractivity contribution in [3.8, 4) is 0 Å². The molecule has 1 aromatic rings. The van der Waals surface area contributed by atoms with Crippen molar-refractivity contribution in [1.82, 2.24) is 5.32 Å². The van der Waals surface area contributed by atoms with E-state index < -0.39 is 23.3 Å². The summed E-state index contributed by atoms with van der Waals surface area (Å²) < 4.78 is 14.8. The van der Waals surface area contributed by atoms with Crippen molar-refractivity contribution < 1.29 is 14.0 Å². The summed E-state index contributed by atoms with van der Waals surface area (Å²) >= 11 is 3.18. The molecule has 2 rings (SSSR count). The Morgan fingerprint density at radius 2 is 1.90 bits per heavy atom. The topological polar surface area (TPSA) is 49.4 Å². The third kappa shape index (κ3) is 2.95. The van der Waals surface area contributed by atoms with Gasteiger partial charge >= 0.3 is 0 Å². The zero-order chi connectivity index (χ0) is 15.9. The first kappa shape index (κ1) is 15.9. The molecule has 0 bridgehead atoms. The minimum absolute atomic E-state index is 0.125. The number of amides is 2. The fraction of sp³-hybridized carbons (Fsp3) is 0.467. The number of hydrogen-bond acceptors (Lipinski definition) is 2. The maximum absolute atomic E-state index is 14.2. The SMILES string of the molecule is CC1C(=O)NC(C(C)(C)C)C(=O)N1c1ccc(Br)cc1F. The molecule has 21 heavy (non-hydrogen) atoms. The van der Waals surface area contributed by atoms with Gasteiger partial charge in [0, 0.05) is 4.47 Å². The Hall–Kier alpha value is -1.43. The van der Waals surface area contributed by atoms with Gasteiger partial charge in [-0.25, -0.2) is 4.39 Å². The van der Waals surface area contributed by atoms with Crippen LogP contribution in [0, 0.1) is 11.2 Å². The highest BCUT2D eigenvalue weighted by Gasteiger charge is 2.44. The fourth-order valence-electron chi connectivity index (χ4n) is 2.36. The third-order valence-electron chi connectivity index (χ3n) is 3.57. The van der Waals surface area contributed by atoms with Gasteiger partial charge < -0.3 is 5.32 Å². The quantitative estimate of drug-likeness (QED) is 0.840. The number of anilines is 1. The van der Waals surface area contributed by atoms with E-state index in [-0.39, 0.29) is 17.5 Å².